The summed E-state index contributed by atoms with van der Waals surface area (Å²) in [7, 11) is 0. The number of aromatic nitrogens is 2. The van der Waals surface area contributed by atoms with E-state index >= 15 is 0 Å². The summed E-state index contributed by atoms with van der Waals surface area (Å²) < 4.78 is 5.28. The van der Waals surface area contributed by atoms with E-state index in [9.17, 15) is 0 Å². The molecule has 0 aliphatic heterocycles. The molecule has 21 heavy (non-hydrogen) atoms. The Morgan fingerprint density at radius 1 is 1.38 bits per heavy atom. The molecule has 108 valence electrons. The van der Waals surface area contributed by atoms with E-state index in [-0.39, 0.29) is 1.43 Å². The third kappa shape index (κ3) is 3.03. The Labute approximate surface area is 128 Å². The second kappa shape index (κ2) is 5.93. The van der Waals surface area contributed by atoms with Gasteiger partial charge in [0, 0.05) is 13.7 Å². The van der Waals surface area contributed by atoms with Gasteiger partial charge < -0.3 is 9.73 Å². The first kappa shape index (κ1) is 13.6. The molecule has 0 spiro atoms. The summed E-state index contributed by atoms with van der Waals surface area (Å²) in [5.41, 5.74) is 3.04. The SMILES string of the molecule is C=C(NCc1ccccc1)c1sc(-c2cnco2)nc1C.[HH]. The summed E-state index contributed by atoms with van der Waals surface area (Å²) in [4.78, 5) is 9.47. The van der Waals surface area contributed by atoms with Crippen LogP contribution in [0.2, 0.25) is 0 Å². The second-order valence-electron chi connectivity index (χ2n) is 4.62. The predicted molar refractivity (Wildman–Crippen MR) is 86.8 cm³/mol. The smallest absolute Gasteiger partial charge is 0.182 e. The van der Waals surface area contributed by atoms with Crippen LogP contribution in [0.25, 0.3) is 16.5 Å². The fourth-order valence-corrected chi connectivity index (χ4v) is 2.95. The fraction of sp³-hybridized carbons (Fsp3) is 0.125. The van der Waals surface area contributed by atoms with E-state index in [1.165, 1.54) is 12.0 Å². The normalized spacial score (nSPS) is 10.5. The van der Waals surface area contributed by atoms with E-state index < -0.39 is 0 Å². The van der Waals surface area contributed by atoms with E-state index in [0.717, 1.165) is 27.8 Å². The van der Waals surface area contributed by atoms with Crippen LogP contribution in [0.3, 0.4) is 0 Å². The molecule has 2 heterocycles. The van der Waals surface area contributed by atoms with Gasteiger partial charge in [-0.05, 0) is 12.5 Å². The van der Waals surface area contributed by atoms with Crippen molar-refractivity contribution in [3.05, 3.63) is 65.6 Å². The van der Waals surface area contributed by atoms with Gasteiger partial charge in [-0.25, -0.2) is 9.97 Å². The average molecular weight is 299 g/mol. The minimum absolute atomic E-state index is 0. The lowest BCUT2D eigenvalue weighted by molar-refractivity contribution is 0.571. The summed E-state index contributed by atoms with van der Waals surface area (Å²) >= 11 is 1.55. The van der Waals surface area contributed by atoms with E-state index in [2.05, 4.69) is 34.0 Å². The molecule has 3 rings (SSSR count). The molecule has 0 aliphatic carbocycles. The van der Waals surface area contributed by atoms with Crippen molar-refractivity contribution in [3.8, 4) is 10.8 Å². The minimum atomic E-state index is 0. The number of rotatable bonds is 5. The molecule has 1 aromatic carbocycles. The predicted octanol–water partition coefficient (Wildman–Crippen LogP) is 4.11. The molecule has 0 fully saturated rings. The average Bonchev–Trinajstić information content (AvgIpc) is 3.15. The van der Waals surface area contributed by atoms with Gasteiger partial charge in [-0.1, -0.05) is 36.9 Å². The third-order valence-corrected chi connectivity index (χ3v) is 4.29. The molecule has 0 saturated heterocycles. The number of nitrogens with zero attached hydrogens (tertiary/aromatic N) is 2. The highest BCUT2D eigenvalue weighted by Crippen LogP contribution is 2.30. The van der Waals surface area contributed by atoms with Crippen molar-refractivity contribution in [1.29, 1.82) is 0 Å². The molecule has 1 N–H and O–H groups in total. The lowest BCUT2D eigenvalue weighted by Crippen LogP contribution is -2.10. The molecule has 2 aromatic heterocycles. The number of nitrogens with one attached hydrogen (secondary N) is 1. The van der Waals surface area contributed by atoms with Crippen molar-refractivity contribution < 1.29 is 5.84 Å². The van der Waals surface area contributed by atoms with Crippen LogP contribution in [0.15, 0.2) is 53.9 Å². The minimum Gasteiger partial charge on any atom is -0.441 e. The largest absolute Gasteiger partial charge is 0.441 e. The number of aryl methyl sites for hydroxylation is 1. The van der Waals surface area contributed by atoms with Gasteiger partial charge in [0.1, 0.15) is 0 Å². The van der Waals surface area contributed by atoms with Gasteiger partial charge in [0.2, 0.25) is 0 Å². The first-order valence-electron chi connectivity index (χ1n) is 6.57. The van der Waals surface area contributed by atoms with E-state index in [0.29, 0.717) is 5.76 Å². The Kier molecular flexibility index (Phi) is 3.83. The molecule has 0 amide bonds. The Bertz CT molecular complexity index is 738. The molecule has 0 aliphatic rings. The highest BCUT2D eigenvalue weighted by Gasteiger charge is 2.13. The first-order chi connectivity index (χ1) is 10.2. The highest BCUT2D eigenvalue weighted by molar-refractivity contribution is 7.16. The number of oxazole rings is 1. The summed E-state index contributed by atoms with van der Waals surface area (Å²) in [6.07, 6.45) is 3.08. The Morgan fingerprint density at radius 2 is 2.19 bits per heavy atom. The number of hydrogen-bond donors (Lipinski definition) is 1. The molecule has 0 bridgehead atoms. The molecular formula is C16H17N3OS. The highest BCUT2D eigenvalue weighted by atomic mass is 32.1. The summed E-state index contributed by atoms with van der Waals surface area (Å²) in [6, 6.07) is 10.2. The number of hydrogen-bond acceptors (Lipinski definition) is 5. The van der Waals surface area contributed by atoms with Crippen LogP contribution in [-0.2, 0) is 6.54 Å². The van der Waals surface area contributed by atoms with Crippen molar-refractivity contribution in [1.82, 2.24) is 15.3 Å². The van der Waals surface area contributed by atoms with Gasteiger partial charge in [0.15, 0.2) is 17.2 Å². The zero-order valence-corrected chi connectivity index (χ0v) is 12.5. The summed E-state index contributed by atoms with van der Waals surface area (Å²) in [5, 5.41) is 4.17. The molecule has 0 atom stereocenters. The Hall–Kier alpha value is -2.40. The van der Waals surface area contributed by atoms with Gasteiger partial charge in [-0.2, -0.15) is 0 Å². The van der Waals surface area contributed by atoms with Crippen molar-refractivity contribution in [2.75, 3.05) is 0 Å². The summed E-state index contributed by atoms with van der Waals surface area (Å²) in [6.45, 7) is 6.83. The maximum absolute atomic E-state index is 5.28. The molecule has 5 heteroatoms. The molecule has 0 radical (unpaired) electrons. The van der Waals surface area contributed by atoms with Crippen LogP contribution in [0.5, 0.6) is 0 Å². The van der Waals surface area contributed by atoms with Gasteiger partial charge in [-0.15, -0.1) is 11.3 Å². The van der Waals surface area contributed by atoms with E-state index in [1.54, 1.807) is 17.5 Å². The number of thiazole rings is 1. The van der Waals surface area contributed by atoms with Crippen LogP contribution in [0.4, 0.5) is 0 Å². The van der Waals surface area contributed by atoms with Crippen LogP contribution in [0, 0.1) is 6.92 Å². The van der Waals surface area contributed by atoms with E-state index in [4.69, 9.17) is 4.42 Å². The second-order valence-corrected chi connectivity index (χ2v) is 5.62. The molecular weight excluding hydrogens is 282 g/mol. The maximum atomic E-state index is 5.28. The van der Waals surface area contributed by atoms with Crippen LogP contribution < -0.4 is 5.32 Å². The van der Waals surface area contributed by atoms with E-state index in [1.807, 2.05) is 25.1 Å². The molecule has 0 unspecified atom stereocenters. The molecule has 0 saturated carbocycles. The van der Waals surface area contributed by atoms with Gasteiger partial charge in [-0.3, -0.25) is 0 Å². The molecule has 4 nitrogen and oxygen atoms in total. The van der Waals surface area contributed by atoms with Crippen LogP contribution in [-0.4, -0.2) is 9.97 Å². The third-order valence-electron chi connectivity index (χ3n) is 3.06. The fourth-order valence-electron chi connectivity index (χ4n) is 1.99. The summed E-state index contributed by atoms with van der Waals surface area (Å²) in [5.74, 6) is 0.685. The van der Waals surface area contributed by atoms with Crippen molar-refractivity contribution in [2.45, 2.75) is 13.5 Å². The van der Waals surface area contributed by atoms with Crippen LogP contribution >= 0.6 is 11.3 Å². The Balaban J connectivity index is 0.00000176. The zero-order chi connectivity index (χ0) is 14.7. The quantitative estimate of drug-likeness (QED) is 0.770. The van der Waals surface area contributed by atoms with Gasteiger partial charge in [0.05, 0.1) is 16.8 Å². The number of benzene rings is 1. The lowest BCUT2D eigenvalue weighted by Gasteiger charge is -2.08. The monoisotopic (exact) mass is 299 g/mol. The lowest BCUT2D eigenvalue weighted by atomic mass is 10.2. The zero-order valence-electron chi connectivity index (χ0n) is 11.7. The van der Waals surface area contributed by atoms with Crippen LogP contribution in [0.1, 0.15) is 17.6 Å². The maximum Gasteiger partial charge on any atom is 0.182 e. The van der Waals surface area contributed by atoms with Gasteiger partial charge >= 0.3 is 0 Å². The first-order valence-corrected chi connectivity index (χ1v) is 7.39. The van der Waals surface area contributed by atoms with Gasteiger partial charge in [0.25, 0.3) is 0 Å². The molecule has 3 aromatic rings. The Morgan fingerprint density at radius 3 is 2.90 bits per heavy atom. The topological polar surface area (TPSA) is 51.0 Å². The van der Waals surface area contributed by atoms with Crippen molar-refractivity contribution in [3.63, 3.8) is 0 Å². The van der Waals surface area contributed by atoms with Crippen molar-refractivity contribution in [2.24, 2.45) is 0 Å². The van der Waals surface area contributed by atoms with Crippen molar-refractivity contribution >= 4 is 17.0 Å². The standard InChI is InChI=1S/C16H15N3OS.H2/c1-11(18-8-13-6-4-3-5-7-13)15-12(2)19-16(21-15)14-9-17-10-20-14;/h3-7,9-10,18H,1,8H2,2H3;1H.